The molecule has 0 saturated heterocycles. The molecule has 202 valence electrons. The lowest BCUT2D eigenvalue weighted by Crippen LogP contribution is -2.57. The topological polar surface area (TPSA) is 20.2 Å². The van der Waals surface area contributed by atoms with E-state index in [1.165, 1.54) is 75.3 Å². The summed E-state index contributed by atoms with van der Waals surface area (Å²) in [5.74, 6) is 6.60. The lowest BCUT2D eigenvalue weighted by Gasteiger charge is -2.63. The average Bonchev–Trinajstić information content (AvgIpc) is 3.18. The molecule has 4 fully saturated rings. The first kappa shape index (κ1) is 26.8. The number of rotatable bonds is 7. The summed E-state index contributed by atoms with van der Waals surface area (Å²) in [6, 6.07) is 9.06. The smallest absolute Gasteiger partial charge is 0.0574 e. The zero-order valence-corrected chi connectivity index (χ0v) is 24.4. The second-order valence-corrected chi connectivity index (χ2v) is 15.1. The van der Waals surface area contributed by atoms with Crippen LogP contribution >= 0.6 is 0 Å². The van der Waals surface area contributed by atoms with Crippen LogP contribution < -0.4 is 0 Å². The lowest BCUT2D eigenvalue weighted by atomic mass is 9.42. The van der Waals surface area contributed by atoms with E-state index in [9.17, 15) is 5.11 Å². The Morgan fingerprint density at radius 3 is 2.33 bits per heavy atom. The van der Waals surface area contributed by atoms with Crippen LogP contribution in [0.3, 0.4) is 0 Å². The highest BCUT2D eigenvalue weighted by Crippen LogP contribution is 2.69. The van der Waals surface area contributed by atoms with E-state index in [1.54, 1.807) is 0 Å². The Morgan fingerprint density at radius 2 is 1.58 bits per heavy atom. The molecule has 4 aliphatic carbocycles. The van der Waals surface area contributed by atoms with E-state index in [-0.39, 0.29) is 6.10 Å². The SMILES string of the molecule is Cc1cccc(C[C@@H]2[C@@H](O)CC[C@@]3(C)[C@H]2CC[C@@H]2[C@@H]3CC[C@]3(C)[C@@H]([C@H](C)CCCC(C)C)CC[C@@H]23)c1. The summed E-state index contributed by atoms with van der Waals surface area (Å²) in [4.78, 5) is 0. The second-order valence-electron chi connectivity index (χ2n) is 15.1. The first-order valence-electron chi connectivity index (χ1n) is 15.9. The molecule has 36 heavy (non-hydrogen) atoms. The molecule has 1 aromatic carbocycles. The molecule has 10 atom stereocenters. The molecule has 0 radical (unpaired) electrons. The van der Waals surface area contributed by atoms with E-state index in [1.807, 2.05) is 0 Å². The molecule has 5 rings (SSSR count). The standard InChI is InChI=1S/C35H56O/c1-23(2)9-7-11-25(4)29-15-16-30-27-13-14-31-28(22-26-12-8-10-24(3)21-26)33(36)18-20-35(31,6)32(27)17-19-34(29,30)5/h8,10,12,21,23,25,27-33,36H,7,9,11,13-20,22H2,1-6H3/t25-,27+,28+,29-,30+,31+,32+,33+,34-,35+/m1/s1. The molecule has 1 nitrogen and oxygen atoms in total. The number of aliphatic hydroxyl groups excluding tert-OH is 1. The van der Waals surface area contributed by atoms with Gasteiger partial charge < -0.3 is 5.11 Å². The summed E-state index contributed by atoms with van der Waals surface area (Å²) in [6.45, 7) is 15.0. The molecule has 0 amide bonds. The van der Waals surface area contributed by atoms with Gasteiger partial charge in [-0.3, -0.25) is 0 Å². The summed E-state index contributed by atoms with van der Waals surface area (Å²) >= 11 is 0. The number of benzene rings is 1. The van der Waals surface area contributed by atoms with Gasteiger partial charge in [0.25, 0.3) is 0 Å². The third-order valence-corrected chi connectivity index (χ3v) is 12.7. The number of aliphatic hydroxyl groups is 1. The van der Waals surface area contributed by atoms with Crippen LogP contribution in [0, 0.1) is 65.1 Å². The Balaban J connectivity index is 1.31. The van der Waals surface area contributed by atoms with Crippen LogP contribution in [-0.2, 0) is 6.42 Å². The minimum Gasteiger partial charge on any atom is -0.393 e. The first-order valence-corrected chi connectivity index (χ1v) is 15.9. The Labute approximate surface area is 223 Å². The van der Waals surface area contributed by atoms with Crippen molar-refractivity contribution in [2.45, 2.75) is 125 Å². The molecular weight excluding hydrogens is 436 g/mol. The molecular formula is C35H56O. The maximum atomic E-state index is 11.2. The van der Waals surface area contributed by atoms with Gasteiger partial charge >= 0.3 is 0 Å². The van der Waals surface area contributed by atoms with Crippen LogP contribution in [0.1, 0.15) is 116 Å². The van der Waals surface area contributed by atoms with Crippen molar-refractivity contribution in [2.75, 3.05) is 0 Å². The highest BCUT2D eigenvalue weighted by Gasteiger charge is 2.61. The average molecular weight is 493 g/mol. The van der Waals surface area contributed by atoms with Crippen molar-refractivity contribution in [3.63, 3.8) is 0 Å². The predicted molar refractivity (Wildman–Crippen MR) is 153 cm³/mol. The van der Waals surface area contributed by atoms with Gasteiger partial charge in [0.15, 0.2) is 0 Å². The van der Waals surface area contributed by atoms with Gasteiger partial charge in [-0.1, -0.05) is 83.7 Å². The minimum absolute atomic E-state index is 0.114. The van der Waals surface area contributed by atoms with Gasteiger partial charge in [-0.25, -0.2) is 0 Å². The van der Waals surface area contributed by atoms with Gasteiger partial charge in [0, 0.05) is 0 Å². The second kappa shape index (κ2) is 10.4. The molecule has 0 aliphatic heterocycles. The van der Waals surface area contributed by atoms with Crippen LogP contribution in [-0.4, -0.2) is 11.2 Å². The number of hydrogen-bond acceptors (Lipinski definition) is 1. The Kier molecular flexibility index (Phi) is 7.73. The molecule has 0 unspecified atom stereocenters. The zero-order chi connectivity index (χ0) is 25.7. The summed E-state index contributed by atoms with van der Waals surface area (Å²) in [5.41, 5.74) is 3.80. The Hall–Kier alpha value is -0.820. The largest absolute Gasteiger partial charge is 0.393 e. The predicted octanol–water partition coefficient (Wildman–Crippen LogP) is 9.25. The fourth-order valence-corrected chi connectivity index (χ4v) is 10.9. The van der Waals surface area contributed by atoms with E-state index >= 15 is 0 Å². The normalized spacial score (nSPS) is 43.1. The van der Waals surface area contributed by atoms with Crippen LogP contribution in [0.25, 0.3) is 0 Å². The minimum atomic E-state index is -0.114. The van der Waals surface area contributed by atoms with Gasteiger partial charge in [0.05, 0.1) is 6.10 Å². The highest BCUT2D eigenvalue weighted by molar-refractivity contribution is 5.23. The number of aryl methyl sites for hydroxylation is 1. The fourth-order valence-electron chi connectivity index (χ4n) is 10.9. The van der Waals surface area contributed by atoms with Crippen LogP contribution in [0.15, 0.2) is 24.3 Å². The summed E-state index contributed by atoms with van der Waals surface area (Å²) < 4.78 is 0. The molecule has 0 spiro atoms. The number of fused-ring (bicyclic) bond motifs is 5. The summed E-state index contributed by atoms with van der Waals surface area (Å²) in [5, 5.41) is 11.2. The van der Waals surface area contributed by atoms with Gasteiger partial charge in [0.1, 0.15) is 0 Å². The molecule has 4 aliphatic rings. The quantitative estimate of drug-likeness (QED) is 0.402. The fraction of sp³-hybridized carbons (Fsp3) is 0.829. The molecule has 1 aromatic rings. The third kappa shape index (κ3) is 4.74. The van der Waals surface area contributed by atoms with Crippen molar-refractivity contribution < 1.29 is 5.11 Å². The van der Waals surface area contributed by atoms with Crippen molar-refractivity contribution in [1.29, 1.82) is 0 Å². The van der Waals surface area contributed by atoms with Crippen molar-refractivity contribution in [3.8, 4) is 0 Å². The maximum Gasteiger partial charge on any atom is 0.0574 e. The van der Waals surface area contributed by atoms with Crippen LogP contribution in [0.4, 0.5) is 0 Å². The van der Waals surface area contributed by atoms with E-state index in [0.29, 0.717) is 22.7 Å². The van der Waals surface area contributed by atoms with Crippen molar-refractivity contribution in [2.24, 2.45) is 58.2 Å². The highest BCUT2D eigenvalue weighted by atomic mass is 16.3. The van der Waals surface area contributed by atoms with E-state index < -0.39 is 0 Å². The van der Waals surface area contributed by atoms with Crippen molar-refractivity contribution in [1.82, 2.24) is 0 Å². The third-order valence-electron chi connectivity index (χ3n) is 12.7. The first-order chi connectivity index (χ1) is 17.1. The molecule has 1 N–H and O–H groups in total. The molecule has 0 heterocycles. The van der Waals surface area contributed by atoms with Crippen LogP contribution in [0.5, 0.6) is 0 Å². The van der Waals surface area contributed by atoms with E-state index in [4.69, 9.17) is 0 Å². The molecule has 1 heteroatoms. The maximum absolute atomic E-state index is 11.2. The van der Waals surface area contributed by atoms with Gasteiger partial charge in [-0.15, -0.1) is 0 Å². The van der Waals surface area contributed by atoms with Crippen molar-refractivity contribution in [3.05, 3.63) is 35.4 Å². The summed E-state index contributed by atoms with van der Waals surface area (Å²) in [6.07, 6.45) is 16.2. The zero-order valence-electron chi connectivity index (χ0n) is 24.4. The van der Waals surface area contributed by atoms with Gasteiger partial charge in [-0.2, -0.15) is 0 Å². The Morgan fingerprint density at radius 1 is 0.861 bits per heavy atom. The Bertz CT molecular complexity index is 888. The molecule has 0 aromatic heterocycles. The van der Waals surface area contributed by atoms with Crippen molar-refractivity contribution >= 4 is 0 Å². The molecule has 0 bridgehead atoms. The van der Waals surface area contributed by atoms with Gasteiger partial charge in [-0.05, 0) is 128 Å². The summed E-state index contributed by atoms with van der Waals surface area (Å²) in [7, 11) is 0. The lowest BCUT2D eigenvalue weighted by molar-refractivity contribution is -0.152. The van der Waals surface area contributed by atoms with E-state index in [0.717, 1.165) is 48.3 Å². The molecule has 4 saturated carbocycles. The monoisotopic (exact) mass is 492 g/mol. The van der Waals surface area contributed by atoms with E-state index in [2.05, 4.69) is 65.8 Å². The number of hydrogen-bond donors (Lipinski definition) is 1. The van der Waals surface area contributed by atoms with Gasteiger partial charge in [0.2, 0.25) is 0 Å². The van der Waals surface area contributed by atoms with Crippen LogP contribution in [0.2, 0.25) is 0 Å².